The van der Waals surface area contributed by atoms with Gasteiger partial charge in [0.2, 0.25) is 0 Å². The second-order valence-electron chi connectivity index (χ2n) is 5.74. The number of non-ortho nitro benzene ring substituents is 1. The van der Waals surface area contributed by atoms with E-state index in [0.29, 0.717) is 17.9 Å². The van der Waals surface area contributed by atoms with Gasteiger partial charge in [0.15, 0.2) is 0 Å². The van der Waals surface area contributed by atoms with E-state index in [9.17, 15) is 19.7 Å². The molecule has 0 spiro atoms. The number of amides is 2. The lowest BCUT2D eigenvalue weighted by Crippen LogP contribution is -2.38. The number of hydrogen-bond donors (Lipinski definition) is 2. The SMILES string of the molecule is CCCNC(=O)C(=O)N/N=C\c1ccc(OCc2ccc([N+](=O)[O-])cc2)cc1. The van der Waals surface area contributed by atoms with Crippen molar-refractivity contribution in [2.24, 2.45) is 5.10 Å². The Labute approximate surface area is 161 Å². The van der Waals surface area contributed by atoms with Crippen LogP contribution >= 0.6 is 0 Å². The highest BCUT2D eigenvalue weighted by atomic mass is 16.6. The molecule has 9 heteroatoms. The van der Waals surface area contributed by atoms with Gasteiger partial charge in [-0.3, -0.25) is 19.7 Å². The van der Waals surface area contributed by atoms with Crippen molar-refractivity contribution in [3.8, 4) is 5.75 Å². The Morgan fingerprint density at radius 1 is 1.11 bits per heavy atom. The number of carbonyl (C=O) groups excluding carboxylic acids is 2. The molecule has 28 heavy (non-hydrogen) atoms. The van der Waals surface area contributed by atoms with E-state index < -0.39 is 16.7 Å². The highest BCUT2D eigenvalue weighted by molar-refractivity contribution is 6.35. The first-order valence-corrected chi connectivity index (χ1v) is 8.57. The molecular formula is C19H20N4O5. The van der Waals surface area contributed by atoms with E-state index in [2.05, 4.69) is 15.8 Å². The topological polar surface area (TPSA) is 123 Å². The normalized spacial score (nSPS) is 10.5. The molecule has 146 valence electrons. The third-order valence-electron chi connectivity index (χ3n) is 3.55. The molecule has 0 bridgehead atoms. The van der Waals surface area contributed by atoms with Crippen LogP contribution < -0.4 is 15.5 Å². The molecule has 0 unspecified atom stereocenters. The maximum Gasteiger partial charge on any atom is 0.329 e. The van der Waals surface area contributed by atoms with Crippen LogP contribution in [0.15, 0.2) is 53.6 Å². The predicted octanol–water partition coefficient (Wildman–Crippen LogP) is 2.15. The Hall–Kier alpha value is -3.75. The van der Waals surface area contributed by atoms with Gasteiger partial charge in [0, 0.05) is 18.7 Å². The summed E-state index contributed by atoms with van der Waals surface area (Å²) in [6.07, 6.45) is 2.14. The molecule has 2 amide bonds. The number of benzene rings is 2. The minimum absolute atomic E-state index is 0.0299. The second kappa shape index (κ2) is 10.4. The molecule has 0 saturated heterocycles. The first kappa shape index (κ1) is 20.6. The highest BCUT2D eigenvalue weighted by Crippen LogP contribution is 2.16. The van der Waals surface area contributed by atoms with E-state index in [1.807, 2.05) is 6.92 Å². The fourth-order valence-electron chi connectivity index (χ4n) is 2.07. The van der Waals surface area contributed by atoms with Crippen LogP contribution in [0, 0.1) is 10.1 Å². The maximum absolute atomic E-state index is 11.5. The summed E-state index contributed by atoms with van der Waals surface area (Å²) < 4.78 is 5.62. The third kappa shape index (κ3) is 6.52. The zero-order valence-corrected chi connectivity index (χ0v) is 15.3. The van der Waals surface area contributed by atoms with E-state index in [4.69, 9.17) is 4.74 Å². The Bertz CT molecular complexity index is 848. The van der Waals surface area contributed by atoms with Crippen molar-refractivity contribution in [2.75, 3.05) is 6.54 Å². The Kier molecular flexibility index (Phi) is 7.64. The van der Waals surface area contributed by atoms with Crippen LogP contribution in [0.2, 0.25) is 0 Å². The number of nitrogens with one attached hydrogen (secondary N) is 2. The fraction of sp³-hybridized carbons (Fsp3) is 0.211. The van der Waals surface area contributed by atoms with Gasteiger partial charge in [-0.05, 0) is 53.9 Å². The number of nitro groups is 1. The van der Waals surface area contributed by atoms with Crippen molar-refractivity contribution in [1.82, 2.24) is 10.7 Å². The van der Waals surface area contributed by atoms with Crippen molar-refractivity contribution in [3.05, 3.63) is 69.8 Å². The standard InChI is InChI=1S/C19H20N4O5/c1-2-11-20-18(24)19(25)22-21-12-14-5-9-17(10-6-14)28-13-15-3-7-16(8-4-15)23(26)27/h3-10,12H,2,11,13H2,1H3,(H,20,24)(H,22,25)/b21-12-. The Morgan fingerprint density at radius 3 is 2.39 bits per heavy atom. The summed E-state index contributed by atoms with van der Waals surface area (Å²) in [5.41, 5.74) is 3.69. The number of nitrogens with zero attached hydrogens (tertiary/aromatic N) is 2. The van der Waals surface area contributed by atoms with Crippen molar-refractivity contribution in [3.63, 3.8) is 0 Å². The molecule has 0 radical (unpaired) electrons. The van der Waals surface area contributed by atoms with Gasteiger partial charge < -0.3 is 10.1 Å². The van der Waals surface area contributed by atoms with Crippen LogP contribution in [0.5, 0.6) is 5.75 Å². The number of rotatable bonds is 8. The lowest BCUT2D eigenvalue weighted by molar-refractivity contribution is -0.384. The molecule has 0 aliphatic heterocycles. The van der Waals surface area contributed by atoms with Crippen molar-refractivity contribution < 1.29 is 19.2 Å². The fourth-order valence-corrected chi connectivity index (χ4v) is 2.07. The van der Waals surface area contributed by atoms with Gasteiger partial charge in [-0.15, -0.1) is 0 Å². The van der Waals surface area contributed by atoms with Crippen LogP contribution in [0.1, 0.15) is 24.5 Å². The zero-order chi connectivity index (χ0) is 20.4. The largest absolute Gasteiger partial charge is 0.489 e. The highest BCUT2D eigenvalue weighted by Gasteiger charge is 2.10. The molecule has 2 rings (SSSR count). The summed E-state index contributed by atoms with van der Waals surface area (Å²) >= 11 is 0. The van der Waals surface area contributed by atoms with E-state index in [1.54, 1.807) is 36.4 Å². The van der Waals surface area contributed by atoms with Crippen molar-refractivity contribution in [2.45, 2.75) is 20.0 Å². The van der Waals surface area contributed by atoms with Crippen LogP contribution in [-0.4, -0.2) is 29.5 Å². The summed E-state index contributed by atoms with van der Waals surface area (Å²) in [5, 5.41) is 16.8. The van der Waals surface area contributed by atoms with Gasteiger partial charge >= 0.3 is 11.8 Å². The number of hydrogen-bond acceptors (Lipinski definition) is 6. The maximum atomic E-state index is 11.5. The average molecular weight is 384 g/mol. The number of carbonyl (C=O) groups is 2. The molecular weight excluding hydrogens is 364 g/mol. The molecule has 2 N–H and O–H groups in total. The van der Waals surface area contributed by atoms with E-state index in [1.165, 1.54) is 18.3 Å². The molecule has 2 aromatic carbocycles. The second-order valence-corrected chi connectivity index (χ2v) is 5.74. The number of nitro benzene ring substituents is 1. The number of hydrazone groups is 1. The lowest BCUT2D eigenvalue weighted by Gasteiger charge is -2.06. The minimum Gasteiger partial charge on any atom is -0.489 e. The minimum atomic E-state index is -0.826. The van der Waals surface area contributed by atoms with Gasteiger partial charge in [0.05, 0.1) is 11.1 Å². The molecule has 0 atom stereocenters. The summed E-state index contributed by atoms with van der Waals surface area (Å²) in [7, 11) is 0. The monoisotopic (exact) mass is 384 g/mol. The van der Waals surface area contributed by atoms with Crippen LogP contribution in [0.3, 0.4) is 0 Å². The first-order chi connectivity index (χ1) is 13.5. The molecule has 0 aliphatic rings. The Morgan fingerprint density at radius 2 is 1.79 bits per heavy atom. The summed E-state index contributed by atoms with van der Waals surface area (Å²) in [4.78, 5) is 33.0. The third-order valence-corrected chi connectivity index (χ3v) is 3.55. The summed E-state index contributed by atoms with van der Waals surface area (Å²) in [5.74, 6) is -0.944. The zero-order valence-electron chi connectivity index (χ0n) is 15.3. The molecule has 0 aliphatic carbocycles. The molecule has 2 aromatic rings. The van der Waals surface area contributed by atoms with E-state index in [-0.39, 0.29) is 12.3 Å². The first-order valence-electron chi connectivity index (χ1n) is 8.57. The number of ether oxygens (including phenoxy) is 1. The lowest BCUT2D eigenvalue weighted by atomic mass is 10.2. The molecule has 0 saturated carbocycles. The molecule has 0 heterocycles. The van der Waals surface area contributed by atoms with Gasteiger partial charge in [-0.2, -0.15) is 5.10 Å². The van der Waals surface area contributed by atoms with Crippen molar-refractivity contribution >= 4 is 23.7 Å². The molecule has 0 fully saturated rings. The van der Waals surface area contributed by atoms with Gasteiger partial charge in [-0.1, -0.05) is 6.92 Å². The summed E-state index contributed by atoms with van der Waals surface area (Å²) in [6, 6.07) is 13.0. The van der Waals surface area contributed by atoms with Crippen LogP contribution in [0.25, 0.3) is 0 Å². The summed E-state index contributed by atoms with van der Waals surface area (Å²) in [6.45, 7) is 2.58. The molecule has 0 aromatic heterocycles. The van der Waals surface area contributed by atoms with Gasteiger partial charge in [-0.25, -0.2) is 5.43 Å². The van der Waals surface area contributed by atoms with E-state index >= 15 is 0 Å². The molecule has 9 nitrogen and oxygen atoms in total. The predicted molar refractivity (Wildman–Crippen MR) is 103 cm³/mol. The van der Waals surface area contributed by atoms with Gasteiger partial charge in [0.25, 0.3) is 5.69 Å². The smallest absolute Gasteiger partial charge is 0.329 e. The van der Waals surface area contributed by atoms with E-state index in [0.717, 1.165) is 12.0 Å². The average Bonchev–Trinajstić information content (AvgIpc) is 2.71. The van der Waals surface area contributed by atoms with Crippen molar-refractivity contribution in [1.29, 1.82) is 0 Å². The van der Waals surface area contributed by atoms with Gasteiger partial charge in [0.1, 0.15) is 12.4 Å². The van der Waals surface area contributed by atoms with Crippen LogP contribution in [-0.2, 0) is 16.2 Å². The quantitative estimate of drug-likeness (QED) is 0.312. The Balaban J connectivity index is 1.81. The van der Waals surface area contributed by atoms with Crippen LogP contribution in [0.4, 0.5) is 5.69 Å².